The molecule has 0 saturated heterocycles. The molecule has 1 heterocycles. The zero-order chi connectivity index (χ0) is 20.2. The number of anilines is 1. The summed E-state index contributed by atoms with van der Waals surface area (Å²) in [6, 6.07) is 16.9. The molecule has 0 radical (unpaired) electrons. The fourth-order valence-electron chi connectivity index (χ4n) is 4.37. The van der Waals surface area contributed by atoms with E-state index < -0.39 is 0 Å². The number of rotatable bonds is 6. The van der Waals surface area contributed by atoms with E-state index in [1.807, 2.05) is 23.1 Å². The summed E-state index contributed by atoms with van der Waals surface area (Å²) in [5.41, 5.74) is 5.07. The third-order valence-electron chi connectivity index (χ3n) is 6.26. The summed E-state index contributed by atoms with van der Waals surface area (Å²) in [4.78, 5) is 22.2. The van der Waals surface area contributed by atoms with Gasteiger partial charge in [-0.05, 0) is 60.4 Å². The number of likely N-dealkylation sites (N-methyl/N-ethyl adjacent to an activating group) is 1. The van der Waals surface area contributed by atoms with E-state index in [2.05, 4.69) is 54.2 Å². The van der Waals surface area contributed by atoms with Gasteiger partial charge in [-0.2, -0.15) is 0 Å². The van der Waals surface area contributed by atoms with Gasteiger partial charge in [-0.15, -0.1) is 0 Å². The Balaban J connectivity index is 1.58. The lowest BCUT2D eigenvalue weighted by atomic mass is 9.91. The number of carbonyl (C=O) groups excluding carboxylic acids is 1. The first-order chi connectivity index (χ1) is 14.1. The maximum absolute atomic E-state index is 13.4. The zero-order valence-electron chi connectivity index (χ0n) is 17.6. The molecule has 4 heteroatoms. The van der Waals surface area contributed by atoms with E-state index >= 15 is 0 Å². The van der Waals surface area contributed by atoms with Crippen LogP contribution in [0.5, 0.6) is 0 Å². The van der Waals surface area contributed by atoms with Crippen LogP contribution in [-0.2, 0) is 17.6 Å². The third kappa shape index (κ3) is 4.52. The van der Waals surface area contributed by atoms with E-state index in [0.717, 1.165) is 37.5 Å². The van der Waals surface area contributed by atoms with Crippen molar-refractivity contribution in [2.24, 2.45) is 4.99 Å². The van der Waals surface area contributed by atoms with Crippen LogP contribution in [0.4, 0.5) is 5.69 Å². The van der Waals surface area contributed by atoms with Crippen molar-refractivity contribution >= 4 is 17.4 Å². The van der Waals surface area contributed by atoms with Crippen molar-refractivity contribution in [3.05, 3.63) is 65.2 Å². The Labute approximate surface area is 174 Å². The molecular formula is C25H31N3O. The number of hydrogen-bond acceptors (Lipinski definition) is 3. The van der Waals surface area contributed by atoms with Crippen molar-refractivity contribution in [3.63, 3.8) is 0 Å². The summed E-state index contributed by atoms with van der Waals surface area (Å²) in [7, 11) is 2.06. The number of aliphatic imine (C=N–C) groups is 1. The molecule has 0 bridgehead atoms. The van der Waals surface area contributed by atoms with Gasteiger partial charge < -0.3 is 9.80 Å². The largest absolute Gasteiger partial charge is 0.360 e. The van der Waals surface area contributed by atoms with Crippen molar-refractivity contribution in [1.29, 1.82) is 0 Å². The minimum Gasteiger partial charge on any atom is -0.360 e. The number of benzene rings is 2. The van der Waals surface area contributed by atoms with Gasteiger partial charge in [-0.3, -0.25) is 9.79 Å². The van der Waals surface area contributed by atoms with Crippen LogP contribution in [0.25, 0.3) is 0 Å². The maximum atomic E-state index is 13.4. The quantitative estimate of drug-likeness (QED) is 0.732. The molecule has 2 aliphatic rings. The Kier molecular flexibility index (Phi) is 5.98. The number of amidine groups is 1. The first kappa shape index (κ1) is 19.7. The second kappa shape index (κ2) is 8.81. The number of aryl methyl sites for hydroxylation is 2. The molecule has 0 fully saturated rings. The Hall–Kier alpha value is -2.62. The van der Waals surface area contributed by atoms with Crippen molar-refractivity contribution in [1.82, 2.24) is 4.90 Å². The molecule has 1 aliphatic heterocycles. The van der Waals surface area contributed by atoms with Crippen molar-refractivity contribution in [3.8, 4) is 0 Å². The highest BCUT2D eigenvalue weighted by molar-refractivity contribution is 6.00. The lowest BCUT2D eigenvalue weighted by Gasteiger charge is -2.28. The standard InChI is InChI=1S/C25H31N3O/c1-19(20-8-4-3-5-9-20)16-25(29)28(18-24-26-14-15-27(24)2)23-13-12-21-10-6-7-11-22(21)17-23/h3-5,8-9,12-13,17,19H,6-7,10-11,14-16,18H2,1-2H3/t19-/m0/s1. The lowest BCUT2D eigenvalue weighted by molar-refractivity contribution is -0.118. The highest BCUT2D eigenvalue weighted by atomic mass is 16.2. The number of fused-ring (bicyclic) bond motifs is 1. The van der Waals surface area contributed by atoms with Crippen LogP contribution in [0.1, 0.15) is 48.8 Å². The van der Waals surface area contributed by atoms with E-state index in [4.69, 9.17) is 0 Å². The number of carbonyl (C=O) groups is 1. The minimum atomic E-state index is 0.167. The smallest absolute Gasteiger partial charge is 0.228 e. The Morgan fingerprint density at radius 1 is 1.10 bits per heavy atom. The summed E-state index contributed by atoms with van der Waals surface area (Å²) in [6.45, 7) is 4.44. The highest BCUT2D eigenvalue weighted by Crippen LogP contribution is 2.28. The number of hydrogen-bond donors (Lipinski definition) is 0. The second-order valence-corrected chi connectivity index (χ2v) is 8.38. The molecule has 0 spiro atoms. The maximum Gasteiger partial charge on any atom is 0.228 e. The molecule has 0 aromatic heterocycles. The SMILES string of the molecule is C[C@@H](CC(=O)N(CC1=NCCN1C)c1ccc2c(c1)CCCC2)c1ccccc1. The Bertz CT molecular complexity index is 890. The number of amides is 1. The van der Waals surface area contributed by atoms with Crippen molar-refractivity contribution in [2.75, 3.05) is 31.6 Å². The topological polar surface area (TPSA) is 35.9 Å². The van der Waals surface area contributed by atoms with Gasteiger partial charge in [0.25, 0.3) is 0 Å². The van der Waals surface area contributed by atoms with Crippen LogP contribution >= 0.6 is 0 Å². The Morgan fingerprint density at radius 3 is 2.59 bits per heavy atom. The normalized spacial score (nSPS) is 16.9. The van der Waals surface area contributed by atoms with E-state index in [1.54, 1.807) is 0 Å². The van der Waals surface area contributed by atoms with Crippen LogP contribution in [0, 0.1) is 0 Å². The molecule has 1 atom stereocenters. The average Bonchev–Trinajstić information content (AvgIpc) is 3.16. The molecule has 29 heavy (non-hydrogen) atoms. The van der Waals surface area contributed by atoms with Crippen LogP contribution in [-0.4, -0.2) is 43.3 Å². The van der Waals surface area contributed by atoms with Gasteiger partial charge >= 0.3 is 0 Å². The molecule has 2 aromatic rings. The molecule has 0 N–H and O–H groups in total. The van der Waals surface area contributed by atoms with E-state index in [0.29, 0.717) is 13.0 Å². The fourth-order valence-corrected chi connectivity index (χ4v) is 4.37. The molecular weight excluding hydrogens is 358 g/mol. The van der Waals surface area contributed by atoms with Crippen LogP contribution in [0.2, 0.25) is 0 Å². The minimum absolute atomic E-state index is 0.167. The lowest BCUT2D eigenvalue weighted by Crippen LogP contribution is -2.40. The summed E-state index contributed by atoms with van der Waals surface area (Å²) in [5, 5.41) is 0. The predicted molar refractivity (Wildman–Crippen MR) is 120 cm³/mol. The molecule has 152 valence electrons. The van der Waals surface area contributed by atoms with Crippen LogP contribution in [0.15, 0.2) is 53.5 Å². The fraction of sp³-hybridized carbons (Fsp3) is 0.440. The van der Waals surface area contributed by atoms with Gasteiger partial charge in [0.05, 0.1) is 13.1 Å². The van der Waals surface area contributed by atoms with Gasteiger partial charge in [0.1, 0.15) is 5.84 Å². The third-order valence-corrected chi connectivity index (χ3v) is 6.26. The van der Waals surface area contributed by atoms with Gasteiger partial charge in [0.15, 0.2) is 0 Å². The van der Waals surface area contributed by atoms with E-state index in [-0.39, 0.29) is 11.8 Å². The van der Waals surface area contributed by atoms with Gasteiger partial charge in [0.2, 0.25) is 5.91 Å². The molecule has 1 aliphatic carbocycles. The summed E-state index contributed by atoms with van der Waals surface area (Å²) in [5.74, 6) is 1.36. The summed E-state index contributed by atoms with van der Waals surface area (Å²) < 4.78 is 0. The molecule has 0 unspecified atom stereocenters. The van der Waals surface area contributed by atoms with Crippen LogP contribution in [0.3, 0.4) is 0 Å². The van der Waals surface area contributed by atoms with Crippen LogP contribution < -0.4 is 4.90 Å². The van der Waals surface area contributed by atoms with Crippen molar-refractivity contribution in [2.45, 2.75) is 44.9 Å². The molecule has 2 aromatic carbocycles. The second-order valence-electron chi connectivity index (χ2n) is 8.38. The van der Waals surface area contributed by atoms with Gasteiger partial charge in [-0.25, -0.2) is 0 Å². The van der Waals surface area contributed by atoms with Gasteiger partial charge in [0, 0.05) is 25.7 Å². The Morgan fingerprint density at radius 2 is 1.86 bits per heavy atom. The highest BCUT2D eigenvalue weighted by Gasteiger charge is 2.24. The predicted octanol–water partition coefficient (Wildman–Crippen LogP) is 4.44. The first-order valence-electron chi connectivity index (χ1n) is 10.8. The number of nitrogens with zero attached hydrogens (tertiary/aromatic N) is 3. The molecule has 0 saturated carbocycles. The van der Waals surface area contributed by atoms with E-state index in [9.17, 15) is 4.79 Å². The van der Waals surface area contributed by atoms with Crippen molar-refractivity contribution < 1.29 is 4.79 Å². The summed E-state index contributed by atoms with van der Waals surface area (Å²) in [6.07, 6.45) is 5.28. The van der Waals surface area contributed by atoms with Gasteiger partial charge in [-0.1, -0.05) is 43.3 Å². The average molecular weight is 390 g/mol. The van der Waals surface area contributed by atoms with E-state index in [1.165, 1.54) is 29.5 Å². The first-order valence-corrected chi connectivity index (χ1v) is 10.8. The monoisotopic (exact) mass is 389 g/mol. The molecule has 4 nitrogen and oxygen atoms in total. The molecule has 1 amide bonds. The zero-order valence-corrected chi connectivity index (χ0v) is 17.6. The molecule has 4 rings (SSSR count). The summed E-state index contributed by atoms with van der Waals surface area (Å²) >= 11 is 0.